The molecule has 1 aliphatic rings. The van der Waals surface area contributed by atoms with Crippen molar-refractivity contribution in [2.24, 2.45) is 7.05 Å². The van der Waals surface area contributed by atoms with E-state index in [2.05, 4.69) is 15.5 Å². The van der Waals surface area contributed by atoms with E-state index in [0.717, 1.165) is 12.1 Å². The molecular formula is C13H12F3N5OS. The second-order valence-electron chi connectivity index (χ2n) is 5.01. The molecule has 1 aromatic carbocycles. The number of carbonyl (C=O) groups is 1. The van der Waals surface area contributed by atoms with Gasteiger partial charge in [-0.3, -0.25) is 4.79 Å². The monoisotopic (exact) mass is 343 g/mol. The van der Waals surface area contributed by atoms with E-state index in [1.165, 1.54) is 33.5 Å². The van der Waals surface area contributed by atoms with Gasteiger partial charge in [0.2, 0.25) is 11.1 Å². The molecule has 122 valence electrons. The van der Waals surface area contributed by atoms with Crippen molar-refractivity contribution in [3.05, 3.63) is 29.8 Å². The number of rotatable bonds is 3. The van der Waals surface area contributed by atoms with Gasteiger partial charge >= 0.3 is 6.18 Å². The molecule has 1 atom stereocenters. The highest BCUT2D eigenvalue weighted by molar-refractivity contribution is 8.00. The summed E-state index contributed by atoms with van der Waals surface area (Å²) in [4.78, 5) is 13.9. The Morgan fingerprint density at radius 2 is 1.96 bits per heavy atom. The molecular weight excluding hydrogens is 331 g/mol. The van der Waals surface area contributed by atoms with Crippen molar-refractivity contribution in [3.63, 3.8) is 0 Å². The number of anilines is 1. The van der Waals surface area contributed by atoms with Gasteiger partial charge in [-0.1, -0.05) is 11.8 Å². The minimum absolute atomic E-state index is 0.155. The maximum absolute atomic E-state index is 12.6. The summed E-state index contributed by atoms with van der Waals surface area (Å²) in [6, 6.07) is 4.60. The standard InChI is InChI=1S/C13H12F3N5OS/c1-20-12(17-18-19-20)23-10-6-7-21(11(10)22)9-4-2-8(3-5-9)13(14,15)16/h2-5,10H,6-7H2,1H3. The van der Waals surface area contributed by atoms with E-state index in [1.807, 2.05) is 0 Å². The molecule has 0 spiro atoms. The molecule has 1 aliphatic heterocycles. The second kappa shape index (κ2) is 5.84. The highest BCUT2D eigenvalue weighted by atomic mass is 32.2. The van der Waals surface area contributed by atoms with Crippen LogP contribution in [0.25, 0.3) is 0 Å². The van der Waals surface area contributed by atoms with Crippen molar-refractivity contribution in [1.82, 2.24) is 20.2 Å². The van der Waals surface area contributed by atoms with Crippen molar-refractivity contribution in [1.29, 1.82) is 0 Å². The van der Waals surface area contributed by atoms with Crippen LogP contribution in [0.5, 0.6) is 0 Å². The fourth-order valence-corrected chi connectivity index (χ4v) is 3.28. The predicted molar refractivity (Wildman–Crippen MR) is 76.9 cm³/mol. The molecule has 0 saturated carbocycles. The molecule has 0 aliphatic carbocycles. The van der Waals surface area contributed by atoms with Gasteiger partial charge in [-0.15, -0.1) is 5.10 Å². The Morgan fingerprint density at radius 1 is 1.26 bits per heavy atom. The van der Waals surface area contributed by atoms with Gasteiger partial charge < -0.3 is 4.90 Å². The Kier molecular flexibility index (Phi) is 4.00. The van der Waals surface area contributed by atoms with E-state index in [9.17, 15) is 18.0 Å². The van der Waals surface area contributed by atoms with Gasteiger partial charge in [0, 0.05) is 19.3 Å². The summed E-state index contributed by atoms with van der Waals surface area (Å²) in [7, 11) is 1.68. The topological polar surface area (TPSA) is 63.9 Å². The van der Waals surface area contributed by atoms with Gasteiger partial charge in [0.05, 0.1) is 10.8 Å². The molecule has 0 bridgehead atoms. The van der Waals surface area contributed by atoms with E-state index in [-0.39, 0.29) is 11.2 Å². The number of carbonyl (C=O) groups excluding carboxylic acids is 1. The minimum Gasteiger partial charge on any atom is -0.311 e. The third-order valence-corrected chi connectivity index (χ3v) is 4.77. The number of halogens is 3. The lowest BCUT2D eigenvalue weighted by Gasteiger charge is -2.17. The van der Waals surface area contributed by atoms with Crippen molar-refractivity contribution in [3.8, 4) is 0 Å². The maximum atomic E-state index is 12.6. The normalized spacial score (nSPS) is 18.7. The fourth-order valence-electron chi connectivity index (χ4n) is 2.30. The molecule has 2 heterocycles. The lowest BCUT2D eigenvalue weighted by molar-refractivity contribution is -0.137. The van der Waals surface area contributed by atoms with E-state index in [0.29, 0.717) is 23.8 Å². The van der Waals surface area contributed by atoms with Crippen LogP contribution in [-0.2, 0) is 18.0 Å². The average molecular weight is 343 g/mol. The summed E-state index contributed by atoms with van der Waals surface area (Å²) in [5.41, 5.74) is -0.272. The molecule has 0 radical (unpaired) electrons. The van der Waals surface area contributed by atoms with Crippen LogP contribution in [0, 0.1) is 0 Å². The molecule has 1 unspecified atom stereocenters. The highest BCUT2D eigenvalue weighted by Crippen LogP contribution is 2.34. The summed E-state index contributed by atoms with van der Waals surface area (Å²) in [5.74, 6) is -0.155. The number of amides is 1. The highest BCUT2D eigenvalue weighted by Gasteiger charge is 2.35. The molecule has 1 amide bonds. The van der Waals surface area contributed by atoms with Crippen LogP contribution in [-0.4, -0.2) is 37.9 Å². The van der Waals surface area contributed by atoms with Crippen molar-refractivity contribution in [2.75, 3.05) is 11.4 Å². The Bertz CT molecular complexity index is 715. The molecule has 23 heavy (non-hydrogen) atoms. The number of aryl methyl sites for hydroxylation is 1. The fraction of sp³-hybridized carbons (Fsp3) is 0.385. The van der Waals surface area contributed by atoms with Crippen LogP contribution in [0.15, 0.2) is 29.4 Å². The molecule has 1 saturated heterocycles. The lowest BCUT2D eigenvalue weighted by atomic mass is 10.2. The van der Waals surface area contributed by atoms with Gasteiger partial charge in [0.15, 0.2) is 0 Å². The zero-order valence-corrected chi connectivity index (χ0v) is 12.8. The van der Waals surface area contributed by atoms with Crippen LogP contribution < -0.4 is 4.90 Å². The van der Waals surface area contributed by atoms with Crippen LogP contribution >= 0.6 is 11.8 Å². The summed E-state index contributed by atoms with van der Waals surface area (Å²) in [6.07, 6.45) is -3.80. The smallest absolute Gasteiger partial charge is 0.311 e. The number of thioether (sulfide) groups is 1. The molecule has 1 fully saturated rings. The maximum Gasteiger partial charge on any atom is 0.416 e. The first kappa shape index (κ1) is 15.8. The number of tetrazole rings is 1. The van der Waals surface area contributed by atoms with Crippen LogP contribution in [0.3, 0.4) is 0 Å². The SMILES string of the molecule is Cn1nnnc1SC1CCN(c2ccc(C(F)(F)F)cc2)C1=O. The van der Waals surface area contributed by atoms with Crippen LogP contribution in [0.2, 0.25) is 0 Å². The van der Waals surface area contributed by atoms with Gasteiger partial charge in [-0.05, 0) is 41.1 Å². The van der Waals surface area contributed by atoms with Crippen molar-refractivity contribution < 1.29 is 18.0 Å². The van der Waals surface area contributed by atoms with Gasteiger partial charge in [-0.2, -0.15) is 13.2 Å². The Hall–Kier alpha value is -2.10. The Balaban J connectivity index is 1.73. The predicted octanol–water partition coefficient (Wildman–Crippen LogP) is 2.13. The van der Waals surface area contributed by atoms with Crippen LogP contribution in [0.4, 0.5) is 18.9 Å². The summed E-state index contributed by atoms with van der Waals surface area (Å²) < 4.78 is 39.2. The van der Waals surface area contributed by atoms with Gasteiger partial charge in [0.1, 0.15) is 0 Å². The number of nitrogens with zero attached hydrogens (tertiary/aromatic N) is 5. The molecule has 3 rings (SSSR count). The molecule has 6 nitrogen and oxygen atoms in total. The zero-order chi connectivity index (χ0) is 16.6. The second-order valence-corrected chi connectivity index (χ2v) is 6.18. The third-order valence-electron chi connectivity index (χ3n) is 3.49. The lowest BCUT2D eigenvalue weighted by Crippen LogP contribution is -2.28. The largest absolute Gasteiger partial charge is 0.416 e. The third kappa shape index (κ3) is 3.16. The van der Waals surface area contributed by atoms with E-state index in [1.54, 1.807) is 7.05 Å². The summed E-state index contributed by atoms with van der Waals surface area (Å²) in [6.45, 7) is 0.452. The van der Waals surface area contributed by atoms with Crippen LogP contribution in [0.1, 0.15) is 12.0 Å². The number of benzene rings is 1. The summed E-state index contributed by atoms with van der Waals surface area (Å²) in [5, 5.41) is 11.2. The molecule has 0 N–H and O–H groups in total. The van der Waals surface area contributed by atoms with E-state index < -0.39 is 11.7 Å². The quantitative estimate of drug-likeness (QED) is 0.854. The molecule has 1 aromatic heterocycles. The Labute approximate surface area is 133 Å². The first-order valence-electron chi connectivity index (χ1n) is 6.74. The van der Waals surface area contributed by atoms with Gasteiger partial charge in [0.25, 0.3) is 0 Å². The van der Waals surface area contributed by atoms with Gasteiger partial charge in [-0.25, -0.2) is 4.68 Å². The number of alkyl halides is 3. The molecule has 2 aromatic rings. The van der Waals surface area contributed by atoms with Crippen molar-refractivity contribution >= 4 is 23.4 Å². The van der Waals surface area contributed by atoms with E-state index in [4.69, 9.17) is 0 Å². The van der Waals surface area contributed by atoms with E-state index >= 15 is 0 Å². The average Bonchev–Trinajstić information content (AvgIpc) is 3.06. The number of hydrogen-bond donors (Lipinski definition) is 0. The summed E-state index contributed by atoms with van der Waals surface area (Å²) >= 11 is 1.25. The first-order chi connectivity index (χ1) is 10.9. The molecule has 10 heteroatoms. The number of aromatic nitrogens is 4. The minimum atomic E-state index is -4.38. The number of hydrogen-bond acceptors (Lipinski definition) is 5. The zero-order valence-electron chi connectivity index (χ0n) is 12.0. The van der Waals surface area contributed by atoms with Crippen molar-refractivity contribution in [2.45, 2.75) is 23.0 Å². The first-order valence-corrected chi connectivity index (χ1v) is 7.62. The Morgan fingerprint density at radius 3 is 2.52 bits per heavy atom.